The minimum atomic E-state index is -0.726. The minimum Gasteiger partial charge on any atom is -0.480 e. The van der Waals surface area contributed by atoms with E-state index in [9.17, 15) is 9.90 Å². The van der Waals surface area contributed by atoms with Crippen LogP contribution in [0.15, 0.2) is 5.38 Å². The molecule has 17 heavy (non-hydrogen) atoms. The summed E-state index contributed by atoms with van der Waals surface area (Å²) in [7, 11) is 0. The Morgan fingerprint density at radius 1 is 1.71 bits per heavy atom. The second-order valence-corrected chi connectivity index (χ2v) is 5.45. The largest absolute Gasteiger partial charge is 0.480 e. The Morgan fingerprint density at radius 2 is 2.47 bits per heavy atom. The summed E-state index contributed by atoms with van der Waals surface area (Å²) in [5.41, 5.74) is 0.965. The van der Waals surface area contributed by atoms with Crippen LogP contribution in [0.3, 0.4) is 0 Å². The van der Waals surface area contributed by atoms with Crippen LogP contribution in [0, 0.1) is 12.8 Å². The predicted molar refractivity (Wildman–Crippen MR) is 68.6 cm³/mol. The first-order valence-corrected chi connectivity index (χ1v) is 6.91. The standard InChI is InChI=1S/C12H18N2O2S/c1-3-9-4-5-14(10(6-9)11(15)16)12-13-8(2)7-17-12/h7,9-10H,3-6H2,1-2H3,(H,15,16). The third-order valence-electron chi connectivity index (χ3n) is 3.43. The van der Waals surface area contributed by atoms with Crippen LogP contribution in [-0.4, -0.2) is 28.6 Å². The van der Waals surface area contributed by atoms with Gasteiger partial charge in [-0.05, 0) is 25.7 Å². The van der Waals surface area contributed by atoms with Gasteiger partial charge >= 0.3 is 5.97 Å². The molecule has 1 aromatic rings. The van der Waals surface area contributed by atoms with Crippen LogP contribution in [0.25, 0.3) is 0 Å². The molecule has 0 aromatic carbocycles. The van der Waals surface area contributed by atoms with Crippen molar-refractivity contribution >= 4 is 22.4 Å². The first-order chi connectivity index (χ1) is 8.11. The van der Waals surface area contributed by atoms with Crippen molar-refractivity contribution in [3.63, 3.8) is 0 Å². The Morgan fingerprint density at radius 3 is 3.00 bits per heavy atom. The van der Waals surface area contributed by atoms with E-state index in [-0.39, 0.29) is 0 Å². The molecule has 2 rings (SSSR count). The molecule has 0 amide bonds. The highest BCUT2D eigenvalue weighted by Crippen LogP contribution is 2.31. The van der Waals surface area contributed by atoms with Crippen LogP contribution in [0.2, 0.25) is 0 Å². The first kappa shape index (κ1) is 12.4. The van der Waals surface area contributed by atoms with Crippen molar-refractivity contribution in [1.82, 2.24) is 4.98 Å². The number of hydrogen-bond acceptors (Lipinski definition) is 4. The fourth-order valence-corrected chi connectivity index (χ4v) is 3.22. The van der Waals surface area contributed by atoms with Crippen molar-refractivity contribution in [2.75, 3.05) is 11.4 Å². The monoisotopic (exact) mass is 254 g/mol. The van der Waals surface area contributed by atoms with Crippen molar-refractivity contribution < 1.29 is 9.90 Å². The number of aromatic nitrogens is 1. The average Bonchev–Trinajstić information content (AvgIpc) is 2.75. The molecule has 1 aromatic heterocycles. The fourth-order valence-electron chi connectivity index (χ4n) is 2.35. The molecule has 0 radical (unpaired) electrons. The van der Waals surface area contributed by atoms with E-state index in [2.05, 4.69) is 11.9 Å². The number of carbonyl (C=O) groups is 1. The van der Waals surface area contributed by atoms with Crippen molar-refractivity contribution in [3.8, 4) is 0 Å². The first-order valence-electron chi connectivity index (χ1n) is 6.03. The topological polar surface area (TPSA) is 53.4 Å². The quantitative estimate of drug-likeness (QED) is 0.900. The number of aryl methyl sites for hydroxylation is 1. The molecule has 2 heterocycles. The molecule has 1 aliphatic rings. The number of hydrogen-bond donors (Lipinski definition) is 1. The summed E-state index contributed by atoms with van der Waals surface area (Å²) in [6.45, 7) is 4.88. The van der Waals surface area contributed by atoms with E-state index in [0.29, 0.717) is 5.92 Å². The van der Waals surface area contributed by atoms with Gasteiger partial charge in [-0.15, -0.1) is 11.3 Å². The Hall–Kier alpha value is -1.10. The molecule has 0 spiro atoms. The van der Waals surface area contributed by atoms with Crippen molar-refractivity contribution in [3.05, 3.63) is 11.1 Å². The maximum Gasteiger partial charge on any atom is 0.326 e. The normalized spacial score (nSPS) is 24.9. The van der Waals surface area contributed by atoms with Crippen LogP contribution in [0.1, 0.15) is 31.9 Å². The SMILES string of the molecule is CCC1CCN(c2nc(C)cs2)C(C(=O)O)C1. The molecule has 2 unspecified atom stereocenters. The third kappa shape index (κ3) is 2.60. The van der Waals surface area contributed by atoms with E-state index in [1.54, 1.807) is 0 Å². The van der Waals surface area contributed by atoms with E-state index in [1.807, 2.05) is 17.2 Å². The van der Waals surface area contributed by atoms with Crippen LogP contribution < -0.4 is 4.90 Å². The van der Waals surface area contributed by atoms with Gasteiger partial charge in [-0.25, -0.2) is 9.78 Å². The smallest absolute Gasteiger partial charge is 0.326 e. The predicted octanol–water partition coefficient (Wildman–Crippen LogP) is 2.53. The maximum atomic E-state index is 11.3. The lowest BCUT2D eigenvalue weighted by Crippen LogP contribution is -2.47. The average molecular weight is 254 g/mol. The van der Waals surface area contributed by atoms with Crippen LogP contribution >= 0.6 is 11.3 Å². The Bertz CT molecular complexity index is 405. The number of thiazole rings is 1. The molecule has 94 valence electrons. The van der Waals surface area contributed by atoms with E-state index < -0.39 is 12.0 Å². The van der Waals surface area contributed by atoms with Gasteiger partial charge in [0.2, 0.25) is 0 Å². The highest BCUT2D eigenvalue weighted by molar-refractivity contribution is 7.13. The van der Waals surface area contributed by atoms with E-state index in [1.165, 1.54) is 11.3 Å². The van der Waals surface area contributed by atoms with E-state index >= 15 is 0 Å². The number of aliphatic carboxylic acids is 1. The Kier molecular flexibility index (Phi) is 3.66. The fraction of sp³-hybridized carbons (Fsp3) is 0.667. The summed E-state index contributed by atoms with van der Waals surface area (Å²) < 4.78 is 0. The van der Waals surface area contributed by atoms with Crippen molar-refractivity contribution in [2.45, 2.75) is 39.2 Å². The minimum absolute atomic E-state index is 0.403. The molecular formula is C12H18N2O2S. The summed E-state index contributed by atoms with van der Waals surface area (Å²) in [6.07, 6.45) is 2.87. The molecule has 5 heteroatoms. The van der Waals surface area contributed by atoms with Gasteiger partial charge in [-0.3, -0.25) is 0 Å². The molecular weight excluding hydrogens is 236 g/mol. The second kappa shape index (κ2) is 5.04. The highest BCUT2D eigenvalue weighted by atomic mass is 32.1. The van der Waals surface area contributed by atoms with Gasteiger partial charge in [0.1, 0.15) is 6.04 Å². The molecule has 0 saturated carbocycles. The van der Waals surface area contributed by atoms with Gasteiger partial charge in [0.05, 0.1) is 5.69 Å². The summed E-state index contributed by atoms with van der Waals surface area (Å²) in [5.74, 6) is -0.190. The zero-order valence-corrected chi connectivity index (χ0v) is 11.0. The molecule has 2 atom stereocenters. The second-order valence-electron chi connectivity index (χ2n) is 4.62. The van der Waals surface area contributed by atoms with Gasteiger partial charge in [-0.2, -0.15) is 0 Å². The molecule has 0 bridgehead atoms. The van der Waals surface area contributed by atoms with Crippen LogP contribution in [0.4, 0.5) is 5.13 Å². The summed E-state index contributed by atoms with van der Waals surface area (Å²) in [4.78, 5) is 17.7. The van der Waals surface area contributed by atoms with E-state index in [4.69, 9.17) is 0 Å². The number of nitrogens with zero attached hydrogens (tertiary/aromatic N) is 2. The lowest BCUT2D eigenvalue weighted by Gasteiger charge is -2.36. The molecule has 1 aliphatic heterocycles. The Labute approximate surface area is 105 Å². The summed E-state index contributed by atoms with van der Waals surface area (Å²) in [5, 5.41) is 12.1. The Balaban J connectivity index is 2.18. The number of carboxylic acids is 1. The molecule has 1 N–H and O–H groups in total. The summed E-state index contributed by atoms with van der Waals surface area (Å²) >= 11 is 1.54. The number of anilines is 1. The van der Waals surface area contributed by atoms with Gasteiger partial charge in [0.25, 0.3) is 0 Å². The van der Waals surface area contributed by atoms with Gasteiger partial charge < -0.3 is 10.0 Å². The van der Waals surface area contributed by atoms with E-state index in [0.717, 1.165) is 36.6 Å². The zero-order chi connectivity index (χ0) is 12.4. The molecule has 1 fully saturated rings. The molecule has 4 nitrogen and oxygen atoms in total. The van der Waals surface area contributed by atoms with Gasteiger partial charge in [-0.1, -0.05) is 13.3 Å². The summed E-state index contributed by atoms with van der Waals surface area (Å²) in [6, 6.07) is -0.403. The van der Waals surface area contributed by atoms with Gasteiger partial charge in [0.15, 0.2) is 5.13 Å². The van der Waals surface area contributed by atoms with Gasteiger partial charge in [0, 0.05) is 11.9 Å². The number of rotatable bonds is 3. The number of carboxylic acid groups (broad SMARTS) is 1. The van der Waals surface area contributed by atoms with Crippen molar-refractivity contribution in [2.24, 2.45) is 5.92 Å². The van der Waals surface area contributed by atoms with Crippen molar-refractivity contribution in [1.29, 1.82) is 0 Å². The lowest BCUT2D eigenvalue weighted by atomic mass is 9.89. The third-order valence-corrected chi connectivity index (χ3v) is 4.42. The molecule has 1 saturated heterocycles. The molecule has 0 aliphatic carbocycles. The highest BCUT2D eigenvalue weighted by Gasteiger charge is 2.34. The lowest BCUT2D eigenvalue weighted by molar-refractivity contribution is -0.139. The zero-order valence-electron chi connectivity index (χ0n) is 10.2. The number of piperidine rings is 1. The van der Waals surface area contributed by atoms with Crippen LogP contribution in [0.5, 0.6) is 0 Å². The van der Waals surface area contributed by atoms with Crippen LogP contribution in [-0.2, 0) is 4.79 Å². The maximum absolute atomic E-state index is 11.3.